The van der Waals surface area contributed by atoms with E-state index in [-0.39, 0.29) is 0 Å². The van der Waals surface area contributed by atoms with Crippen molar-refractivity contribution in [2.75, 3.05) is 14.2 Å². The van der Waals surface area contributed by atoms with Crippen molar-refractivity contribution in [1.29, 1.82) is 0 Å². The molecule has 0 aliphatic rings. The molecule has 0 saturated heterocycles. The molecule has 104 valence electrons. The first kappa shape index (κ1) is 15.3. The number of ether oxygens (including phenoxy) is 1. The van der Waals surface area contributed by atoms with Gasteiger partial charge in [0.2, 0.25) is 5.91 Å². The second-order valence-electron chi connectivity index (χ2n) is 4.08. The lowest BCUT2D eigenvalue weighted by atomic mass is 10.2. The van der Waals surface area contributed by atoms with Crippen LogP contribution < -0.4 is 10.1 Å². The molecule has 0 aromatic heterocycles. The largest absolute Gasteiger partial charge is 0.496 e. The van der Waals surface area contributed by atoms with Gasteiger partial charge in [0.1, 0.15) is 11.1 Å². The van der Waals surface area contributed by atoms with Gasteiger partial charge in [-0.1, -0.05) is 18.2 Å². The number of urea groups is 1. The van der Waals surface area contributed by atoms with E-state index in [1.807, 2.05) is 24.3 Å². The molecule has 0 aliphatic carbocycles. The lowest BCUT2D eigenvalue weighted by Crippen LogP contribution is -2.42. The number of hydrogen-bond donors (Lipinski definition) is 1. The van der Waals surface area contributed by atoms with Gasteiger partial charge in [-0.15, -0.1) is 11.6 Å². The van der Waals surface area contributed by atoms with Crippen LogP contribution in [-0.2, 0) is 11.3 Å². The molecule has 1 atom stereocenters. The van der Waals surface area contributed by atoms with Crippen LogP contribution in [0, 0.1) is 0 Å². The van der Waals surface area contributed by atoms with Gasteiger partial charge in [-0.3, -0.25) is 10.1 Å². The van der Waals surface area contributed by atoms with Crippen molar-refractivity contribution in [1.82, 2.24) is 10.2 Å². The fourth-order valence-corrected chi connectivity index (χ4v) is 1.52. The highest BCUT2D eigenvalue weighted by atomic mass is 35.5. The van der Waals surface area contributed by atoms with Crippen molar-refractivity contribution in [2.24, 2.45) is 0 Å². The number of alkyl halides is 1. The van der Waals surface area contributed by atoms with Crippen LogP contribution in [0.2, 0.25) is 0 Å². The summed E-state index contributed by atoms with van der Waals surface area (Å²) in [5, 5.41) is 1.47. The summed E-state index contributed by atoms with van der Waals surface area (Å²) in [6.07, 6.45) is 0. The van der Waals surface area contributed by atoms with Crippen LogP contribution in [0.25, 0.3) is 0 Å². The van der Waals surface area contributed by atoms with Gasteiger partial charge in [-0.2, -0.15) is 0 Å². The highest BCUT2D eigenvalue weighted by Gasteiger charge is 2.17. The molecular weight excluding hydrogens is 268 g/mol. The van der Waals surface area contributed by atoms with E-state index in [4.69, 9.17) is 16.3 Å². The van der Waals surface area contributed by atoms with Crippen LogP contribution in [0.4, 0.5) is 4.79 Å². The molecule has 6 heteroatoms. The molecule has 0 fully saturated rings. The van der Waals surface area contributed by atoms with Gasteiger partial charge in [-0.25, -0.2) is 4.79 Å². The number of halogens is 1. The normalized spacial score (nSPS) is 11.6. The molecule has 0 saturated carbocycles. The van der Waals surface area contributed by atoms with Crippen molar-refractivity contribution >= 4 is 23.5 Å². The Morgan fingerprint density at radius 3 is 2.63 bits per heavy atom. The number of carbonyl (C=O) groups is 2. The Morgan fingerprint density at radius 1 is 1.42 bits per heavy atom. The number of carbonyl (C=O) groups excluding carboxylic acids is 2. The SMILES string of the molecule is COc1ccccc1CN(C)C(=O)NC(=O)C(C)Cl. The number of nitrogens with zero attached hydrogens (tertiary/aromatic N) is 1. The zero-order valence-electron chi connectivity index (χ0n) is 11.1. The Labute approximate surface area is 117 Å². The highest BCUT2D eigenvalue weighted by Crippen LogP contribution is 2.18. The first-order valence-electron chi connectivity index (χ1n) is 5.77. The third-order valence-corrected chi connectivity index (χ3v) is 2.74. The number of rotatable bonds is 4. The van der Waals surface area contributed by atoms with Gasteiger partial charge in [-0.05, 0) is 13.0 Å². The maximum absolute atomic E-state index is 11.8. The van der Waals surface area contributed by atoms with Crippen LogP contribution in [0.5, 0.6) is 5.75 Å². The second-order valence-corrected chi connectivity index (χ2v) is 4.73. The van der Waals surface area contributed by atoms with E-state index in [2.05, 4.69) is 5.32 Å². The molecule has 0 radical (unpaired) electrons. The monoisotopic (exact) mass is 284 g/mol. The molecule has 1 unspecified atom stereocenters. The number of para-hydroxylation sites is 1. The third kappa shape index (κ3) is 4.44. The Bertz CT molecular complexity index is 463. The molecular formula is C13H17ClN2O3. The fraction of sp³-hybridized carbons (Fsp3) is 0.385. The van der Waals surface area contributed by atoms with Crippen molar-refractivity contribution < 1.29 is 14.3 Å². The Kier molecular flexibility index (Phi) is 5.63. The van der Waals surface area contributed by atoms with Crippen LogP contribution in [-0.4, -0.2) is 36.4 Å². The molecule has 1 rings (SSSR count). The lowest BCUT2D eigenvalue weighted by Gasteiger charge is -2.19. The molecule has 0 bridgehead atoms. The molecule has 0 spiro atoms. The maximum Gasteiger partial charge on any atom is 0.324 e. The summed E-state index contributed by atoms with van der Waals surface area (Å²) in [5.74, 6) is 0.178. The Hall–Kier alpha value is -1.75. The quantitative estimate of drug-likeness (QED) is 0.860. The average molecular weight is 285 g/mol. The summed E-state index contributed by atoms with van der Waals surface area (Å²) < 4.78 is 5.20. The minimum Gasteiger partial charge on any atom is -0.496 e. The second kappa shape index (κ2) is 6.99. The number of imide groups is 1. The van der Waals surface area contributed by atoms with Gasteiger partial charge in [0.15, 0.2) is 0 Å². The summed E-state index contributed by atoms with van der Waals surface area (Å²) in [6.45, 7) is 1.84. The predicted octanol–water partition coefficient (Wildman–Crippen LogP) is 1.99. The smallest absolute Gasteiger partial charge is 0.324 e. The van der Waals surface area contributed by atoms with E-state index in [0.717, 1.165) is 5.56 Å². The van der Waals surface area contributed by atoms with Crippen LogP contribution in [0.1, 0.15) is 12.5 Å². The van der Waals surface area contributed by atoms with Crippen molar-refractivity contribution in [3.63, 3.8) is 0 Å². The van der Waals surface area contributed by atoms with Crippen molar-refractivity contribution in [3.8, 4) is 5.75 Å². The van der Waals surface area contributed by atoms with Gasteiger partial charge in [0.25, 0.3) is 0 Å². The minimum atomic E-state index is -0.747. The zero-order valence-corrected chi connectivity index (χ0v) is 11.9. The molecule has 1 N–H and O–H groups in total. The number of methoxy groups -OCH3 is 1. The molecule has 1 aromatic rings. The van der Waals surface area contributed by atoms with Gasteiger partial charge < -0.3 is 9.64 Å². The number of nitrogens with one attached hydrogen (secondary N) is 1. The predicted molar refractivity (Wildman–Crippen MR) is 73.3 cm³/mol. The van der Waals surface area contributed by atoms with Gasteiger partial charge in [0, 0.05) is 12.6 Å². The standard InChI is InChI=1S/C13H17ClN2O3/c1-9(14)12(17)15-13(18)16(2)8-10-6-4-5-7-11(10)19-3/h4-7,9H,8H2,1-3H3,(H,15,17,18). The first-order valence-corrected chi connectivity index (χ1v) is 6.21. The maximum atomic E-state index is 11.8. The van der Waals surface area contributed by atoms with E-state index in [0.29, 0.717) is 12.3 Å². The van der Waals surface area contributed by atoms with Crippen molar-refractivity contribution in [2.45, 2.75) is 18.8 Å². The Morgan fingerprint density at radius 2 is 2.05 bits per heavy atom. The summed E-state index contributed by atoms with van der Waals surface area (Å²) in [7, 11) is 3.16. The average Bonchev–Trinajstić information content (AvgIpc) is 2.38. The van der Waals surface area contributed by atoms with E-state index < -0.39 is 17.3 Å². The summed E-state index contributed by atoms with van der Waals surface area (Å²) in [6, 6.07) is 6.88. The lowest BCUT2D eigenvalue weighted by molar-refractivity contribution is -0.119. The summed E-state index contributed by atoms with van der Waals surface area (Å²) in [5.41, 5.74) is 0.856. The summed E-state index contributed by atoms with van der Waals surface area (Å²) >= 11 is 5.58. The molecule has 1 aromatic carbocycles. The van der Waals surface area contributed by atoms with E-state index in [9.17, 15) is 9.59 Å². The van der Waals surface area contributed by atoms with Crippen LogP contribution >= 0.6 is 11.6 Å². The molecule has 5 nitrogen and oxygen atoms in total. The Balaban J connectivity index is 2.66. The third-order valence-electron chi connectivity index (χ3n) is 2.54. The first-order chi connectivity index (χ1) is 8.95. The number of benzene rings is 1. The number of amides is 3. The van der Waals surface area contributed by atoms with Gasteiger partial charge in [0.05, 0.1) is 13.7 Å². The fourth-order valence-electron chi connectivity index (χ4n) is 1.46. The topological polar surface area (TPSA) is 58.6 Å². The molecule has 19 heavy (non-hydrogen) atoms. The molecule has 0 heterocycles. The number of hydrogen-bond acceptors (Lipinski definition) is 3. The zero-order chi connectivity index (χ0) is 14.4. The minimum absolute atomic E-state index is 0.333. The summed E-state index contributed by atoms with van der Waals surface area (Å²) in [4.78, 5) is 24.5. The molecule has 0 aliphatic heterocycles. The van der Waals surface area contributed by atoms with E-state index >= 15 is 0 Å². The van der Waals surface area contributed by atoms with Crippen LogP contribution in [0.15, 0.2) is 24.3 Å². The van der Waals surface area contributed by atoms with Crippen molar-refractivity contribution in [3.05, 3.63) is 29.8 Å². The highest BCUT2D eigenvalue weighted by molar-refractivity contribution is 6.31. The molecule has 3 amide bonds. The van der Waals surface area contributed by atoms with Crippen LogP contribution in [0.3, 0.4) is 0 Å². The van der Waals surface area contributed by atoms with E-state index in [1.54, 1.807) is 14.2 Å². The van der Waals surface area contributed by atoms with E-state index in [1.165, 1.54) is 11.8 Å². The van der Waals surface area contributed by atoms with Gasteiger partial charge >= 0.3 is 6.03 Å².